The van der Waals surface area contributed by atoms with Gasteiger partial charge in [-0.1, -0.05) is 12.1 Å². The Kier molecular flexibility index (Phi) is 2.83. The summed E-state index contributed by atoms with van der Waals surface area (Å²) in [6.45, 7) is 0. The zero-order chi connectivity index (χ0) is 13.2. The molecule has 19 heavy (non-hydrogen) atoms. The SMILES string of the molecule is COc1cccc(-c2cn3cc(OC)ccc3n2)c1. The molecule has 0 saturated carbocycles. The van der Waals surface area contributed by atoms with Gasteiger partial charge in [0.2, 0.25) is 0 Å². The highest BCUT2D eigenvalue weighted by molar-refractivity contribution is 5.64. The fourth-order valence-electron chi connectivity index (χ4n) is 2.01. The molecule has 0 aliphatic rings. The van der Waals surface area contributed by atoms with Crippen molar-refractivity contribution in [2.45, 2.75) is 0 Å². The van der Waals surface area contributed by atoms with E-state index in [1.165, 1.54) is 0 Å². The third kappa shape index (κ3) is 2.12. The summed E-state index contributed by atoms with van der Waals surface area (Å²) in [7, 11) is 3.31. The molecule has 4 heteroatoms. The van der Waals surface area contributed by atoms with Crippen molar-refractivity contribution in [1.29, 1.82) is 0 Å². The van der Waals surface area contributed by atoms with Crippen LogP contribution in [0.25, 0.3) is 16.9 Å². The molecule has 0 bridgehead atoms. The quantitative estimate of drug-likeness (QED) is 0.720. The van der Waals surface area contributed by atoms with Gasteiger partial charge in [0, 0.05) is 11.8 Å². The molecule has 0 amide bonds. The van der Waals surface area contributed by atoms with Crippen LogP contribution in [0.3, 0.4) is 0 Å². The maximum atomic E-state index is 5.23. The number of hydrogen-bond donors (Lipinski definition) is 0. The zero-order valence-electron chi connectivity index (χ0n) is 10.8. The molecule has 0 fully saturated rings. The van der Waals surface area contributed by atoms with Crippen molar-refractivity contribution in [3.8, 4) is 22.8 Å². The number of hydrogen-bond acceptors (Lipinski definition) is 3. The summed E-state index contributed by atoms with van der Waals surface area (Å²) in [6, 6.07) is 11.7. The molecule has 4 nitrogen and oxygen atoms in total. The number of nitrogens with zero attached hydrogens (tertiary/aromatic N) is 2. The lowest BCUT2D eigenvalue weighted by molar-refractivity contribution is 0.412. The molecule has 3 rings (SSSR count). The molecular weight excluding hydrogens is 240 g/mol. The Morgan fingerprint density at radius 1 is 0.947 bits per heavy atom. The molecule has 0 spiro atoms. The number of aromatic nitrogens is 2. The molecule has 2 aromatic heterocycles. The fourth-order valence-corrected chi connectivity index (χ4v) is 2.01. The van der Waals surface area contributed by atoms with Crippen molar-refractivity contribution in [1.82, 2.24) is 9.38 Å². The predicted octanol–water partition coefficient (Wildman–Crippen LogP) is 3.02. The summed E-state index contributed by atoms with van der Waals surface area (Å²) >= 11 is 0. The van der Waals surface area contributed by atoms with Gasteiger partial charge >= 0.3 is 0 Å². The van der Waals surface area contributed by atoms with Gasteiger partial charge in [0.05, 0.1) is 26.1 Å². The Labute approximate surface area is 111 Å². The van der Waals surface area contributed by atoms with Crippen LogP contribution >= 0.6 is 0 Å². The van der Waals surface area contributed by atoms with Gasteiger partial charge in [0.25, 0.3) is 0 Å². The molecule has 96 valence electrons. The standard InChI is InChI=1S/C15H14N2O2/c1-18-12-5-3-4-11(8-12)14-10-17-9-13(19-2)6-7-15(17)16-14/h3-10H,1-2H3. The second kappa shape index (κ2) is 4.65. The molecule has 0 N–H and O–H groups in total. The van der Waals surface area contributed by atoms with Crippen molar-refractivity contribution in [3.63, 3.8) is 0 Å². The van der Waals surface area contributed by atoms with Crippen LogP contribution in [-0.2, 0) is 0 Å². The third-order valence-corrected chi connectivity index (χ3v) is 3.03. The van der Waals surface area contributed by atoms with Crippen LogP contribution in [0.4, 0.5) is 0 Å². The minimum absolute atomic E-state index is 0.807. The molecule has 0 unspecified atom stereocenters. The lowest BCUT2D eigenvalue weighted by Gasteiger charge is -2.01. The van der Waals surface area contributed by atoms with Gasteiger partial charge in [-0.05, 0) is 24.3 Å². The molecule has 3 aromatic rings. The first-order chi connectivity index (χ1) is 9.30. The average Bonchev–Trinajstić information content (AvgIpc) is 2.90. The second-order valence-corrected chi connectivity index (χ2v) is 4.19. The molecule has 0 aliphatic carbocycles. The summed E-state index contributed by atoms with van der Waals surface area (Å²) in [4.78, 5) is 4.59. The fraction of sp³-hybridized carbons (Fsp3) is 0.133. The average molecular weight is 254 g/mol. The molecular formula is C15H14N2O2. The lowest BCUT2D eigenvalue weighted by Crippen LogP contribution is -1.86. The number of ether oxygens (including phenoxy) is 2. The molecule has 0 saturated heterocycles. The predicted molar refractivity (Wildman–Crippen MR) is 73.7 cm³/mol. The normalized spacial score (nSPS) is 10.6. The van der Waals surface area contributed by atoms with E-state index in [0.717, 1.165) is 28.4 Å². The topological polar surface area (TPSA) is 35.8 Å². The maximum Gasteiger partial charge on any atom is 0.137 e. The van der Waals surface area contributed by atoms with E-state index in [1.54, 1.807) is 14.2 Å². The number of benzene rings is 1. The van der Waals surface area contributed by atoms with E-state index < -0.39 is 0 Å². The number of fused-ring (bicyclic) bond motifs is 1. The van der Waals surface area contributed by atoms with Gasteiger partial charge < -0.3 is 13.9 Å². The first kappa shape index (κ1) is 11.6. The van der Waals surface area contributed by atoms with Crippen molar-refractivity contribution in [3.05, 3.63) is 48.8 Å². The summed E-state index contributed by atoms with van der Waals surface area (Å²) < 4.78 is 12.4. The summed E-state index contributed by atoms with van der Waals surface area (Å²) in [5.41, 5.74) is 2.83. The largest absolute Gasteiger partial charge is 0.497 e. The van der Waals surface area contributed by atoms with E-state index >= 15 is 0 Å². The Hall–Kier alpha value is -2.49. The van der Waals surface area contributed by atoms with Crippen molar-refractivity contribution < 1.29 is 9.47 Å². The van der Waals surface area contributed by atoms with E-state index in [0.29, 0.717) is 0 Å². The van der Waals surface area contributed by atoms with Crippen molar-refractivity contribution in [2.75, 3.05) is 14.2 Å². The number of methoxy groups -OCH3 is 2. The summed E-state index contributed by atoms with van der Waals surface area (Å²) in [6.07, 6.45) is 3.89. The minimum Gasteiger partial charge on any atom is -0.497 e. The van der Waals surface area contributed by atoms with E-state index in [2.05, 4.69) is 4.98 Å². The minimum atomic E-state index is 0.807. The maximum absolute atomic E-state index is 5.23. The second-order valence-electron chi connectivity index (χ2n) is 4.19. The molecule has 0 atom stereocenters. The van der Waals surface area contributed by atoms with Gasteiger partial charge in [-0.15, -0.1) is 0 Å². The van der Waals surface area contributed by atoms with Gasteiger partial charge in [-0.2, -0.15) is 0 Å². The van der Waals surface area contributed by atoms with Crippen LogP contribution < -0.4 is 9.47 Å². The van der Waals surface area contributed by atoms with Crippen LogP contribution in [-0.4, -0.2) is 23.6 Å². The zero-order valence-corrected chi connectivity index (χ0v) is 10.8. The Balaban J connectivity index is 2.09. The Morgan fingerprint density at radius 3 is 2.58 bits per heavy atom. The van der Waals surface area contributed by atoms with E-state index in [9.17, 15) is 0 Å². The smallest absolute Gasteiger partial charge is 0.137 e. The first-order valence-electron chi connectivity index (χ1n) is 5.97. The van der Waals surface area contributed by atoms with Crippen LogP contribution in [0.1, 0.15) is 0 Å². The van der Waals surface area contributed by atoms with Crippen LogP contribution in [0, 0.1) is 0 Å². The van der Waals surface area contributed by atoms with Gasteiger partial charge in [-0.3, -0.25) is 0 Å². The van der Waals surface area contributed by atoms with Crippen LogP contribution in [0.2, 0.25) is 0 Å². The van der Waals surface area contributed by atoms with Crippen LogP contribution in [0.5, 0.6) is 11.5 Å². The van der Waals surface area contributed by atoms with E-state index in [4.69, 9.17) is 9.47 Å². The Bertz CT molecular complexity index is 719. The molecule has 1 aromatic carbocycles. The Morgan fingerprint density at radius 2 is 1.79 bits per heavy atom. The number of pyridine rings is 1. The highest BCUT2D eigenvalue weighted by Crippen LogP contribution is 2.24. The monoisotopic (exact) mass is 254 g/mol. The summed E-state index contributed by atoms with van der Waals surface area (Å²) in [5.74, 6) is 1.63. The van der Waals surface area contributed by atoms with Crippen molar-refractivity contribution in [2.24, 2.45) is 0 Å². The lowest BCUT2D eigenvalue weighted by atomic mass is 10.1. The van der Waals surface area contributed by atoms with Crippen LogP contribution in [0.15, 0.2) is 48.8 Å². The van der Waals surface area contributed by atoms with E-state index in [1.807, 2.05) is 53.2 Å². The number of imidazole rings is 1. The first-order valence-corrected chi connectivity index (χ1v) is 5.97. The number of rotatable bonds is 3. The molecule has 2 heterocycles. The highest BCUT2D eigenvalue weighted by Gasteiger charge is 2.06. The van der Waals surface area contributed by atoms with Gasteiger partial charge in [-0.25, -0.2) is 4.98 Å². The molecule has 0 aliphatic heterocycles. The van der Waals surface area contributed by atoms with E-state index in [-0.39, 0.29) is 0 Å². The third-order valence-electron chi connectivity index (χ3n) is 3.03. The van der Waals surface area contributed by atoms with Gasteiger partial charge in [0.15, 0.2) is 0 Å². The summed E-state index contributed by atoms with van der Waals surface area (Å²) in [5, 5.41) is 0. The highest BCUT2D eigenvalue weighted by atomic mass is 16.5. The molecule has 0 radical (unpaired) electrons. The van der Waals surface area contributed by atoms with Gasteiger partial charge in [0.1, 0.15) is 17.1 Å². The van der Waals surface area contributed by atoms with Crippen molar-refractivity contribution >= 4 is 5.65 Å².